The number of hydrogen-bond donors (Lipinski definition) is 5. The van der Waals surface area contributed by atoms with Gasteiger partial charge in [-0.05, 0) is 240 Å². The lowest BCUT2D eigenvalue weighted by Gasteiger charge is -2.28. The Hall–Kier alpha value is -10.0. The van der Waals surface area contributed by atoms with Crippen LogP contribution in [-0.4, -0.2) is 92.6 Å². The van der Waals surface area contributed by atoms with Crippen LogP contribution in [-0.2, 0) is 61.6 Å². The number of rotatable bonds is 33. The summed E-state index contributed by atoms with van der Waals surface area (Å²) in [4.78, 5) is 95.6. The number of unbranched alkanes of at least 4 members (excludes halogenated alkanes) is 4. The molecule has 764 valence electrons. The van der Waals surface area contributed by atoms with Crippen molar-refractivity contribution in [3.8, 4) is 11.5 Å². The van der Waals surface area contributed by atoms with Crippen LogP contribution in [0.4, 0.5) is 27.1 Å². The Morgan fingerprint density at radius 3 is 1.09 bits per heavy atom. The summed E-state index contributed by atoms with van der Waals surface area (Å²) in [6.45, 7) is 66.5. The number of esters is 1. The van der Waals surface area contributed by atoms with Crippen molar-refractivity contribution in [2.24, 2.45) is 43.3 Å². The fourth-order valence-corrected chi connectivity index (χ4v) is 12.8. The van der Waals surface area contributed by atoms with E-state index in [-0.39, 0.29) is 90.9 Å². The summed E-state index contributed by atoms with van der Waals surface area (Å²) in [5, 5.41) is 14.4. The Morgan fingerprint density at radius 1 is 0.343 bits per heavy atom. The van der Waals surface area contributed by atoms with Gasteiger partial charge in [-0.25, -0.2) is 4.39 Å². The quantitative estimate of drug-likeness (QED) is 0.0147. The average Bonchev–Trinajstić information content (AvgIpc) is 0.853. The molecule has 0 aliphatic carbocycles. The van der Waals surface area contributed by atoms with Crippen LogP contribution < -0.4 is 36.1 Å². The molecule has 1 aliphatic rings. The van der Waals surface area contributed by atoms with Gasteiger partial charge in [0.25, 0.3) is 0 Å². The van der Waals surface area contributed by atoms with Crippen molar-refractivity contribution in [2.45, 2.75) is 361 Å². The van der Waals surface area contributed by atoms with E-state index in [1.54, 1.807) is 26.4 Å². The normalized spacial score (nSPS) is 12.1. The Balaban J connectivity index is 0.000000785. The van der Waals surface area contributed by atoms with Crippen LogP contribution in [0, 0.1) is 63.0 Å². The van der Waals surface area contributed by atoms with E-state index in [1.807, 2.05) is 158 Å². The largest absolute Gasteiger partial charge is 0.497 e. The van der Waals surface area contributed by atoms with Crippen LogP contribution in [0.1, 0.15) is 366 Å². The number of methoxy groups -OCH3 is 2. The number of benzene rings is 7. The molecule has 7 aromatic carbocycles. The number of aryl methyl sites for hydroxylation is 2. The van der Waals surface area contributed by atoms with Crippen molar-refractivity contribution < 1.29 is 61.7 Å². The first-order chi connectivity index (χ1) is 63.5. The van der Waals surface area contributed by atoms with Gasteiger partial charge in [-0.1, -0.05) is 303 Å². The molecule has 0 bridgehead atoms. The van der Waals surface area contributed by atoms with Gasteiger partial charge in [0.1, 0.15) is 23.9 Å². The van der Waals surface area contributed by atoms with Gasteiger partial charge in [0.05, 0.1) is 27.4 Å². The maximum Gasteiger partial charge on any atom is 0.306 e. The highest BCUT2D eigenvalue weighted by atomic mass is 19.1. The minimum atomic E-state index is -0.298. The van der Waals surface area contributed by atoms with Gasteiger partial charge in [0.15, 0.2) is 5.78 Å². The van der Waals surface area contributed by atoms with Gasteiger partial charge in [-0.15, -0.1) is 0 Å². The van der Waals surface area contributed by atoms with Crippen molar-refractivity contribution in [3.05, 3.63) is 215 Å². The number of nitrogens with zero attached hydrogens (tertiary/aromatic N) is 1. The monoisotopic (exact) mass is 1900 g/mol. The van der Waals surface area contributed by atoms with Gasteiger partial charge >= 0.3 is 5.97 Å². The first-order valence-corrected chi connectivity index (χ1v) is 49.8. The molecule has 0 spiro atoms. The summed E-state index contributed by atoms with van der Waals surface area (Å²) in [7, 11) is 3.28. The molecule has 1 saturated heterocycles. The number of morpholine rings is 1. The zero-order valence-electron chi connectivity index (χ0n) is 90.8. The van der Waals surface area contributed by atoms with Crippen LogP contribution in [0.3, 0.4) is 0 Å². The number of amides is 6. The zero-order valence-corrected chi connectivity index (χ0v) is 90.8. The highest BCUT2D eigenvalue weighted by Gasteiger charge is 2.23. The van der Waals surface area contributed by atoms with E-state index in [9.17, 15) is 42.7 Å². The third kappa shape index (κ3) is 72.0. The van der Waals surface area contributed by atoms with Crippen LogP contribution in [0.25, 0.3) is 0 Å². The van der Waals surface area contributed by atoms with E-state index in [0.717, 1.165) is 128 Å². The van der Waals surface area contributed by atoms with Gasteiger partial charge in [-0.3, -0.25) is 38.4 Å². The molecule has 0 unspecified atom stereocenters. The molecule has 7 aromatic rings. The predicted octanol–water partition coefficient (Wildman–Crippen LogP) is 30.3. The maximum absolute atomic E-state index is 12.6. The average molecular weight is 1900 g/mol. The van der Waals surface area contributed by atoms with Crippen molar-refractivity contribution in [1.29, 1.82) is 0 Å². The number of ketones is 1. The van der Waals surface area contributed by atoms with Gasteiger partial charge < -0.3 is 50.4 Å². The highest BCUT2D eigenvalue weighted by Crippen LogP contribution is 2.31. The van der Waals surface area contributed by atoms with Crippen LogP contribution in [0.15, 0.2) is 176 Å². The summed E-state index contributed by atoms with van der Waals surface area (Å²) in [6, 6.07) is 54.6. The van der Waals surface area contributed by atoms with Crippen molar-refractivity contribution in [1.82, 2.24) is 10.2 Å². The summed E-state index contributed by atoms with van der Waals surface area (Å²) < 4.78 is 33.4. The van der Waals surface area contributed by atoms with Crippen molar-refractivity contribution in [2.75, 3.05) is 61.8 Å². The molecule has 8 rings (SSSR count). The first kappa shape index (κ1) is 125. The fourth-order valence-electron chi connectivity index (χ4n) is 12.8. The van der Waals surface area contributed by atoms with E-state index in [4.69, 9.17) is 18.9 Å². The van der Waals surface area contributed by atoms with E-state index in [2.05, 4.69) is 226 Å². The van der Waals surface area contributed by atoms with Crippen molar-refractivity contribution in [3.63, 3.8) is 0 Å². The molecule has 137 heavy (non-hydrogen) atoms. The summed E-state index contributed by atoms with van der Waals surface area (Å²) in [5.74, 6) is 2.09. The number of para-hydroxylation sites is 1. The molecule has 1 heterocycles. The Morgan fingerprint density at radius 2 is 0.701 bits per heavy atom. The summed E-state index contributed by atoms with van der Waals surface area (Å²) in [6.07, 6.45) is 19.0. The SMILES string of the molecule is CC(C)(C)CCC(=O)N1CCOCC1.CC(C)(C)CCC(=O)Nc1ccc(C(C)(C)C)cc1.CC(C)(C)CCC(=O)Nc1ccc(F)cc1.CC(C)(C)CCC(=O)Nc1ccccc1.CC(C)(C)CCCCCC(=O)OCc1ccccc1.COc1cc(C)cc(C(=O)CCCCCC(C)(C)C)c1.COc1ccc(CNC(=O)CCC(C)(C)C)cc1.Cc1ccc(NC(=O)CCC(C)(C)C)cc1. The molecule has 0 atom stereocenters. The fraction of sp³-hybridized carbons (Fsp3) is 0.576. The Kier molecular flexibility index (Phi) is 58.0. The molecular weight excluding hydrogens is 1710 g/mol. The summed E-state index contributed by atoms with van der Waals surface area (Å²) >= 11 is 0. The lowest BCUT2D eigenvalue weighted by molar-refractivity contribution is -0.145. The molecule has 1 fully saturated rings. The van der Waals surface area contributed by atoms with Crippen LogP contribution in [0.5, 0.6) is 11.5 Å². The number of ether oxygens (including phenoxy) is 4. The second-order valence-electron chi connectivity index (χ2n) is 46.8. The summed E-state index contributed by atoms with van der Waals surface area (Å²) in [5.41, 5.74) is 11.9. The molecule has 5 N–H and O–H groups in total. The molecular formula is C118H183FN6O12. The van der Waals surface area contributed by atoms with Crippen molar-refractivity contribution >= 4 is 69.9 Å². The third-order valence-electron chi connectivity index (χ3n) is 21.7. The Labute approximate surface area is 829 Å². The number of anilines is 4. The number of carbonyl (C=O) groups is 8. The lowest BCUT2D eigenvalue weighted by Crippen LogP contribution is -2.40. The molecule has 0 saturated carbocycles. The number of halogens is 1. The molecule has 0 aromatic heterocycles. The molecule has 1 aliphatic heterocycles. The molecule has 18 nitrogen and oxygen atoms in total. The van der Waals surface area contributed by atoms with Gasteiger partial charge in [-0.2, -0.15) is 0 Å². The molecule has 19 heteroatoms. The minimum Gasteiger partial charge on any atom is -0.497 e. The standard InChI is InChI=1S/C18H28O2.C17H27NO.C17H26O2.C15H23NO2.C14H21NO.C13H18FNO.C13H19NO.C11H21NO2/c1-14-11-15(13-16(12-14)20-5)17(19)9-7-6-8-10-18(2,3)4;1-16(2,3)12-11-15(19)18-14-9-7-13(8-10-14)17(4,5)6;1-17(2,3)13-9-5-8-12-16(18)19-14-15-10-6-4-7-11-15;1-15(2,3)10-9-14(17)16-11-12-5-7-13(18-4)8-6-12;1-11-5-7-12(8-6-11)15-13(16)9-10-14(2,3)4;1-13(2,3)9-8-12(16)15-11-6-4-10(14)5-7-11;1-13(2,3)10-9-12(15)14-11-7-5-4-6-8-11;1-11(2,3)5-4-10(13)12-6-8-14-9-7-12/h11-13H,6-10H2,1-5H3;7-10H,11-12H2,1-6H3,(H,18,19);4,6-7,10-11H,5,8-9,12-14H2,1-3H3;5-8H,9-11H2,1-4H3,(H,16,17);5-8H,9-10H2,1-4H3,(H,15,16);4-7H,8-9H2,1-3H3,(H,15,16);4-8H,9-10H2,1-3H3,(H,14,15);4-9H2,1-3H3. The van der Waals surface area contributed by atoms with Crippen LogP contribution >= 0.6 is 0 Å². The van der Waals surface area contributed by atoms with E-state index < -0.39 is 0 Å². The topological polar surface area (TPSA) is 237 Å². The number of Topliss-reactive ketones (excluding diaryl/α,β-unsaturated/α-hetero) is 1. The lowest BCUT2D eigenvalue weighted by atomic mass is 9.87. The second kappa shape index (κ2) is 63.5. The Bertz CT molecular complexity index is 4460. The van der Waals surface area contributed by atoms with Gasteiger partial charge in [0, 0.05) is 99.3 Å². The number of hydrogen-bond acceptors (Lipinski definition) is 12. The number of carbonyl (C=O) groups excluding carboxylic acids is 8. The second-order valence-corrected chi connectivity index (χ2v) is 46.8. The van der Waals surface area contributed by atoms with E-state index >= 15 is 0 Å². The number of nitrogens with one attached hydrogen (secondary N) is 5. The third-order valence-corrected chi connectivity index (χ3v) is 21.7. The van der Waals surface area contributed by atoms with Gasteiger partial charge in [0.2, 0.25) is 35.4 Å². The van der Waals surface area contributed by atoms with E-state index in [0.29, 0.717) is 94.2 Å². The van der Waals surface area contributed by atoms with E-state index in [1.165, 1.54) is 48.9 Å². The molecule has 0 radical (unpaired) electrons. The zero-order chi connectivity index (χ0) is 104. The molecule has 6 amide bonds. The van der Waals surface area contributed by atoms with Crippen LogP contribution in [0.2, 0.25) is 0 Å². The first-order valence-electron chi connectivity index (χ1n) is 49.8. The minimum absolute atomic E-state index is 0.0264. The smallest absolute Gasteiger partial charge is 0.306 e. The maximum atomic E-state index is 12.6. The predicted molar refractivity (Wildman–Crippen MR) is 571 cm³/mol. The highest BCUT2D eigenvalue weighted by molar-refractivity contribution is 5.97.